The molecule has 0 bridgehead atoms. The number of hydrogen-bond donors (Lipinski definition) is 1. The summed E-state index contributed by atoms with van der Waals surface area (Å²) in [5, 5.41) is 0. The zero-order valence-corrected chi connectivity index (χ0v) is 9.13. The number of hydrogen-bond acceptors (Lipinski definition) is 4. The molecule has 1 atom stereocenters. The van der Waals surface area contributed by atoms with Crippen molar-refractivity contribution < 1.29 is 13.2 Å². The molecular weight excluding hydrogens is 206 g/mol. The van der Waals surface area contributed by atoms with Crippen LogP contribution in [0.2, 0.25) is 0 Å². The van der Waals surface area contributed by atoms with Crippen LogP contribution >= 0.6 is 0 Å². The van der Waals surface area contributed by atoms with Crippen LogP contribution in [-0.2, 0) is 14.9 Å². The predicted octanol–water partition coefficient (Wildman–Crippen LogP) is 0.0763. The van der Waals surface area contributed by atoms with Gasteiger partial charge in [0, 0.05) is 6.04 Å². The Morgan fingerprint density at radius 1 is 1.64 bits per heavy atom. The van der Waals surface area contributed by atoms with Crippen molar-refractivity contribution in [1.82, 2.24) is 4.72 Å². The summed E-state index contributed by atoms with van der Waals surface area (Å²) in [6.45, 7) is 3.84. The van der Waals surface area contributed by atoms with Crippen LogP contribution in [0.15, 0.2) is 9.39 Å². The molecule has 0 aliphatic carbocycles. The van der Waals surface area contributed by atoms with E-state index in [1.54, 1.807) is 0 Å². The van der Waals surface area contributed by atoms with Gasteiger partial charge in [-0.2, -0.15) is 8.42 Å². The standard InChI is InChI=1S/C7H13N3O3S/c1-4-5(2)8-6-7(13-3)10-14(11,12)9-6/h5H,4H2,1-3H3,(H,8,9). The van der Waals surface area contributed by atoms with Crippen LogP contribution in [0.4, 0.5) is 0 Å². The minimum atomic E-state index is -3.63. The number of nitrogens with zero attached hydrogens (tertiary/aromatic N) is 2. The fourth-order valence-electron chi connectivity index (χ4n) is 0.868. The first kappa shape index (κ1) is 11.0. The smallest absolute Gasteiger partial charge is 0.347 e. The average Bonchev–Trinajstić information content (AvgIpc) is 2.40. The van der Waals surface area contributed by atoms with Crippen molar-refractivity contribution in [3.8, 4) is 0 Å². The lowest BCUT2D eigenvalue weighted by Crippen LogP contribution is -2.28. The zero-order chi connectivity index (χ0) is 10.8. The van der Waals surface area contributed by atoms with Crippen molar-refractivity contribution in [3.05, 3.63) is 0 Å². The molecule has 0 saturated heterocycles. The normalized spacial score (nSPS) is 24.2. The molecule has 0 aromatic rings. The number of aliphatic imine (C=N–C) groups is 1. The van der Waals surface area contributed by atoms with Gasteiger partial charge in [0.15, 0.2) is 0 Å². The summed E-state index contributed by atoms with van der Waals surface area (Å²) in [6, 6.07) is 0.0335. The van der Waals surface area contributed by atoms with E-state index in [1.807, 2.05) is 13.8 Å². The van der Waals surface area contributed by atoms with Crippen LogP contribution in [0.3, 0.4) is 0 Å². The van der Waals surface area contributed by atoms with Gasteiger partial charge in [0.2, 0.25) is 5.84 Å². The van der Waals surface area contributed by atoms with Crippen molar-refractivity contribution in [1.29, 1.82) is 0 Å². The van der Waals surface area contributed by atoms with E-state index >= 15 is 0 Å². The van der Waals surface area contributed by atoms with Crippen molar-refractivity contribution in [3.63, 3.8) is 0 Å². The highest BCUT2D eigenvalue weighted by Gasteiger charge is 2.27. The summed E-state index contributed by atoms with van der Waals surface area (Å²) in [7, 11) is -2.27. The van der Waals surface area contributed by atoms with Gasteiger partial charge in [0.05, 0.1) is 7.11 Å². The molecule has 6 nitrogen and oxygen atoms in total. The molecule has 1 N–H and O–H groups in total. The summed E-state index contributed by atoms with van der Waals surface area (Å²) >= 11 is 0. The zero-order valence-electron chi connectivity index (χ0n) is 8.31. The van der Waals surface area contributed by atoms with Gasteiger partial charge in [0.1, 0.15) is 0 Å². The lowest BCUT2D eigenvalue weighted by atomic mass is 10.3. The highest BCUT2D eigenvalue weighted by molar-refractivity contribution is 7.89. The van der Waals surface area contributed by atoms with E-state index in [2.05, 4.69) is 14.1 Å². The van der Waals surface area contributed by atoms with Crippen LogP contribution in [-0.4, -0.2) is 33.3 Å². The van der Waals surface area contributed by atoms with Gasteiger partial charge >= 0.3 is 10.2 Å². The fraction of sp³-hybridized carbons (Fsp3) is 0.714. The maximum atomic E-state index is 11.0. The second-order valence-electron chi connectivity index (χ2n) is 2.91. The first-order chi connectivity index (χ1) is 6.48. The van der Waals surface area contributed by atoms with Crippen LogP contribution in [0.5, 0.6) is 0 Å². The van der Waals surface area contributed by atoms with Gasteiger partial charge in [-0.15, -0.1) is 4.40 Å². The minimum Gasteiger partial charge on any atom is -0.478 e. The summed E-state index contributed by atoms with van der Waals surface area (Å²) in [6.07, 6.45) is 0.822. The average molecular weight is 219 g/mol. The maximum Gasteiger partial charge on any atom is 0.347 e. The van der Waals surface area contributed by atoms with E-state index in [4.69, 9.17) is 4.74 Å². The summed E-state index contributed by atoms with van der Waals surface area (Å²) in [5.74, 6) is 0.201. The van der Waals surface area contributed by atoms with Gasteiger partial charge in [-0.05, 0) is 13.3 Å². The van der Waals surface area contributed by atoms with Crippen LogP contribution in [0.25, 0.3) is 0 Å². The molecule has 7 heteroatoms. The highest BCUT2D eigenvalue weighted by atomic mass is 32.2. The van der Waals surface area contributed by atoms with Gasteiger partial charge in [-0.1, -0.05) is 6.92 Å². The molecule has 1 heterocycles. The number of rotatable bonds is 2. The molecule has 0 fully saturated rings. The number of methoxy groups -OCH3 is 1. The lowest BCUT2D eigenvalue weighted by molar-refractivity contribution is 0.412. The predicted molar refractivity (Wildman–Crippen MR) is 53.7 cm³/mol. The Kier molecular flexibility index (Phi) is 3.10. The Morgan fingerprint density at radius 3 is 2.79 bits per heavy atom. The van der Waals surface area contributed by atoms with Crippen molar-refractivity contribution in [2.24, 2.45) is 9.39 Å². The Labute approximate surface area is 83.3 Å². The quantitative estimate of drug-likeness (QED) is 0.714. The summed E-state index contributed by atoms with van der Waals surface area (Å²) in [4.78, 5) is 4.11. The lowest BCUT2D eigenvalue weighted by Gasteiger charge is -2.04. The van der Waals surface area contributed by atoms with E-state index in [-0.39, 0.29) is 17.8 Å². The number of ether oxygens (including phenoxy) is 1. The molecule has 1 aliphatic heterocycles. The van der Waals surface area contributed by atoms with E-state index in [0.29, 0.717) is 0 Å². The molecule has 0 aromatic heterocycles. The minimum absolute atomic E-state index is 0.0188. The van der Waals surface area contributed by atoms with E-state index in [1.165, 1.54) is 7.11 Å². The third-order valence-electron chi connectivity index (χ3n) is 1.76. The van der Waals surface area contributed by atoms with Crippen LogP contribution < -0.4 is 4.72 Å². The highest BCUT2D eigenvalue weighted by Crippen LogP contribution is 2.04. The Morgan fingerprint density at radius 2 is 2.29 bits per heavy atom. The molecule has 1 rings (SSSR count). The van der Waals surface area contributed by atoms with E-state index < -0.39 is 10.2 Å². The molecular formula is C7H13N3O3S. The van der Waals surface area contributed by atoms with Crippen molar-refractivity contribution in [2.75, 3.05) is 7.11 Å². The third-order valence-corrected chi connectivity index (χ3v) is 2.62. The molecule has 14 heavy (non-hydrogen) atoms. The SMILES string of the molecule is CCC(C)N=C1NS(=O)(=O)N=C1OC. The second kappa shape index (κ2) is 3.95. The van der Waals surface area contributed by atoms with Gasteiger partial charge in [0.25, 0.3) is 5.90 Å². The van der Waals surface area contributed by atoms with Crippen molar-refractivity contribution >= 4 is 21.9 Å². The van der Waals surface area contributed by atoms with Gasteiger partial charge in [-0.3, -0.25) is 4.99 Å². The van der Waals surface area contributed by atoms with E-state index in [0.717, 1.165) is 6.42 Å². The largest absolute Gasteiger partial charge is 0.478 e. The Hall–Kier alpha value is -1.11. The van der Waals surface area contributed by atoms with Crippen LogP contribution in [0, 0.1) is 0 Å². The maximum absolute atomic E-state index is 11.0. The molecule has 0 saturated carbocycles. The monoisotopic (exact) mass is 219 g/mol. The third kappa shape index (κ3) is 2.44. The van der Waals surface area contributed by atoms with Gasteiger partial charge < -0.3 is 4.74 Å². The first-order valence-electron chi connectivity index (χ1n) is 4.23. The molecule has 1 aliphatic rings. The molecule has 0 radical (unpaired) electrons. The van der Waals surface area contributed by atoms with Gasteiger partial charge in [-0.25, -0.2) is 4.72 Å². The molecule has 0 aromatic carbocycles. The number of amidine groups is 1. The Balaban J connectivity index is 2.95. The fourth-order valence-corrected chi connectivity index (χ4v) is 1.68. The molecule has 1 unspecified atom stereocenters. The van der Waals surface area contributed by atoms with Crippen molar-refractivity contribution in [2.45, 2.75) is 26.3 Å². The topological polar surface area (TPSA) is 80.1 Å². The number of nitrogens with one attached hydrogen (secondary N) is 1. The summed E-state index contributed by atoms with van der Waals surface area (Å²) in [5.41, 5.74) is 0. The molecule has 0 spiro atoms. The molecule has 80 valence electrons. The second-order valence-corrected chi connectivity index (χ2v) is 4.25. The van der Waals surface area contributed by atoms with E-state index in [9.17, 15) is 8.42 Å². The summed E-state index contributed by atoms with van der Waals surface area (Å²) < 4.78 is 32.3. The Bertz CT molecular complexity index is 372. The first-order valence-corrected chi connectivity index (χ1v) is 5.67. The molecule has 0 amide bonds. The van der Waals surface area contributed by atoms with Crippen LogP contribution in [0.1, 0.15) is 20.3 Å².